The van der Waals surface area contributed by atoms with E-state index in [0.717, 1.165) is 12.3 Å². The molecule has 9 nitrogen and oxygen atoms in total. The third kappa shape index (κ3) is 3.05. The van der Waals surface area contributed by atoms with Crippen LogP contribution in [0.5, 0.6) is 0 Å². The molecule has 0 aromatic carbocycles. The molecule has 4 aromatic rings. The Morgan fingerprint density at radius 3 is 2.47 bits per heavy atom. The average molecular weight is 439 g/mol. The van der Waals surface area contributed by atoms with E-state index in [1.54, 1.807) is 20.2 Å². The number of pyridine rings is 1. The Balaban J connectivity index is 2.01. The molecule has 0 radical (unpaired) electrons. The maximum atomic E-state index is 13.0. The van der Waals surface area contributed by atoms with E-state index in [1.165, 1.54) is 22.3 Å². The molecule has 158 valence electrons. The maximum Gasteiger partial charge on any atom is 0.433 e. The summed E-state index contributed by atoms with van der Waals surface area (Å²) in [6.45, 7) is 1.50. The second-order valence-electron chi connectivity index (χ2n) is 6.57. The van der Waals surface area contributed by atoms with Crippen LogP contribution in [-0.4, -0.2) is 48.5 Å². The van der Waals surface area contributed by atoms with Crippen molar-refractivity contribution in [2.45, 2.75) is 18.1 Å². The Morgan fingerprint density at radius 2 is 1.87 bits per heavy atom. The van der Waals surface area contributed by atoms with Crippen molar-refractivity contribution in [2.75, 3.05) is 5.75 Å². The van der Waals surface area contributed by atoms with Crippen molar-refractivity contribution in [1.82, 2.24) is 34.3 Å². The number of hydrogen-bond acceptors (Lipinski definition) is 6. The second-order valence-corrected chi connectivity index (χ2v) is 8.77. The fraction of sp³-hybridized carbons (Fsp3) is 0.294. The highest BCUT2D eigenvalue weighted by atomic mass is 32.2. The average Bonchev–Trinajstić information content (AvgIpc) is 3.39. The van der Waals surface area contributed by atoms with E-state index in [-0.39, 0.29) is 27.8 Å². The summed E-state index contributed by atoms with van der Waals surface area (Å²) in [5.74, 6) is 0.223. The number of H-pyrrole nitrogens is 1. The number of alkyl halides is 3. The van der Waals surface area contributed by atoms with Gasteiger partial charge in [0.15, 0.2) is 26.5 Å². The number of imidazole rings is 2. The molecular weight excluding hydrogens is 423 g/mol. The zero-order valence-corrected chi connectivity index (χ0v) is 16.9. The Bertz CT molecular complexity index is 1350. The third-order valence-corrected chi connectivity index (χ3v) is 6.54. The van der Waals surface area contributed by atoms with Crippen molar-refractivity contribution in [1.29, 1.82) is 0 Å². The predicted octanol–water partition coefficient (Wildman–Crippen LogP) is 2.57. The normalized spacial score (nSPS) is 12.7. The third-order valence-electron chi connectivity index (χ3n) is 4.73. The van der Waals surface area contributed by atoms with Gasteiger partial charge in [-0.25, -0.2) is 23.4 Å². The van der Waals surface area contributed by atoms with Gasteiger partial charge in [0.1, 0.15) is 17.1 Å². The van der Waals surface area contributed by atoms with Gasteiger partial charge in [-0.1, -0.05) is 6.92 Å². The van der Waals surface area contributed by atoms with Gasteiger partial charge in [0.2, 0.25) is 0 Å². The molecule has 0 fully saturated rings. The van der Waals surface area contributed by atoms with Crippen molar-refractivity contribution in [3.63, 3.8) is 0 Å². The SMILES string of the molecule is CCS(=O)(=O)c1c(-c2nc3cc(C(F)(F)F)ncc3n2C)nc(-c2ccn[nH]2)n1C. The van der Waals surface area contributed by atoms with Gasteiger partial charge in [-0.2, -0.15) is 18.3 Å². The zero-order valence-electron chi connectivity index (χ0n) is 16.1. The van der Waals surface area contributed by atoms with Crippen molar-refractivity contribution >= 4 is 20.9 Å². The number of rotatable bonds is 4. The van der Waals surface area contributed by atoms with Crippen LogP contribution in [0.25, 0.3) is 34.1 Å². The van der Waals surface area contributed by atoms with Crippen LogP contribution in [0, 0.1) is 0 Å². The Kier molecular flexibility index (Phi) is 4.45. The van der Waals surface area contributed by atoms with E-state index in [4.69, 9.17) is 0 Å². The van der Waals surface area contributed by atoms with Gasteiger partial charge in [-0.05, 0) is 12.1 Å². The Labute approximate surface area is 168 Å². The van der Waals surface area contributed by atoms with E-state index in [1.807, 2.05) is 0 Å². The molecule has 4 rings (SSSR count). The van der Waals surface area contributed by atoms with E-state index >= 15 is 0 Å². The number of nitrogens with zero attached hydrogens (tertiary/aromatic N) is 6. The first kappa shape index (κ1) is 20.1. The summed E-state index contributed by atoms with van der Waals surface area (Å²) in [5.41, 5.74) is -0.220. The van der Waals surface area contributed by atoms with E-state index in [9.17, 15) is 21.6 Å². The molecule has 30 heavy (non-hydrogen) atoms. The smallest absolute Gasteiger partial charge is 0.324 e. The lowest BCUT2D eigenvalue weighted by atomic mass is 10.3. The van der Waals surface area contributed by atoms with Gasteiger partial charge in [-0.3, -0.25) is 5.10 Å². The summed E-state index contributed by atoms with van der Waals surface area (Å²) in [7, 11) is -0.641. The van der Waals surface area contributed by atoms with Crippen LogP contribution in [0.4, 0.5) is 13.2 Å². The number of aryl methyl sites for hydroxylation is 1. The summed E-state index contributed by atoms with van der Waals surface area (Å²) in [4.78, 5) is 12.2. The van der Waals surface area contributed by atoms with Crippen LogP contribution < -0.4 is 0 Å². The van der Waals surface area contributed by atoms with Crippen molar-refractivity contribution in [3.8, 4) is 23.0 Å². The first-order chi connectivity index (χ1) is 14.0. The number of aromatic nitrogens is 7. The molecule has 13 heteroatoms. The van der Waals surface area contributed by atoms with Crippen LogP contribution in [0.1, 0.15) is 12.6 Å². The first-order valence-corrected chi connectivity index (χ1v) is 10.4. The quantitative estimate of drug-likeness (QED) is 0.523. The van der Waals surface area contributed by atoms with Gasteiger partial charge in [0, 0.05) is 20.3 Å². The lowest BCUT2D eigenvalue weighted by molar-refractivity contribution is -0.141. The molecule has 0 aliphatic heterocycles. The van der Waals surface area contributed by atoms with Crippen LogP contribution >= 0.6 is 0 Å². The molecule has 0 aliphatic carbocycles. The van der Waals surface area contributed by atoms with Gasteiger partial charge in [0.25, 0.3) is 0 Å². The number of aromatic amines is 1. The van der Waals surface area contributed by atoms with Gasteiger partial charge < -0.3 is 9.13 Å². The molecule has 0 amide bonds. The van der Waals surface area contributed by atoms with Crippen LogP contribution in [0.3, 0.4) is 0 Å². The zero-order chi connectivity index (χ0) is 21.8. The molecule has 4 aromatic heterocycles. The molecule has 1 N–H and O–H groups in total. The fourth-order valence-electron chi connectivity index (χ4n) is 3.20. The number of fused-ring (bicyclic) bond motifs is 1. The summed E-state index contributed by atoms with van der Waals surface area (Å²) in [6, 6.07) is 2.45. The largest absolute Gasteiger partial charge is 0.433 e. The monoisotopic (exact) mass is 439 g/mol. The number of sulfone groups is 1. The van der Waals surface area contributed by atoms with E-state index in [0.29, 0.717) is 17.0 Å². The molecule has 0 saturated carbocycles. The first-order valence-electron chi connectivity index (χ1n) is 8.74. The van der Waals surface area contributed by atoms with Crippen LogP contribution in [0.2, 0.25) is 0 Å². The summed E-state index contributed by atoms with van der Waals surface area (Å²) < 4.78 is 67.6. The molecular formula is C17H16F3N7O2S. The van der Waals surface area contributed by atoms with Crippen LogP contribution in [0.15, 0.2) is 29.6 Å². The topological polar surface area (TPSA) is 111 Å². The van der Waals surface area contributed by atoms with E-state index < -0.39 is 21.7 Å². The molecule has 4 heterocycles. The molecule has 0 spiro atoms. The lowest BCUT2D eigenvalue weighted by Gasteiger charge is -2.07. The minimum atomic E-state index is -4.62. The van der Waals surface area contributed by atoms with Crippen LogP contribution in [-0.2, 0) is 30.1 Å². The number of nitrogens with one attached hydrogen (secondary N) is 1. The lowest BCUT2D eigenvalue weighted by Crippen LogP contribution is -2.11. The minimum Gasteiger partial charge on any atom is -0.324 e. The second kappa shape index (κ2) is 6.65. The molecule has 0 aliphatic rings. The highest BCUT2D eigenvalue weighted by molar-refractivity contribution is 7.91. The highest BCUT2D eigenvalue weighted by Crippen LogP contribution is 2.34. The Morgan fingerprint density at radius 1 is 1.13 bits per heavy atom. The molecule has 0 atom stereocenters. The summed E-state index contributed by atoms with van der Waals surface area (Å²) >= 11 is 0. The maximum absolute atomic E-state index is 13.0. The summed E-state index contributed by atoms with van der Waals surface area (Å²) in [6.07, 6.45) is -2.07. The standard InChI is InChI=1S/C17H16F3N7O2S/c1-4-30(28,29)16-13(24-14(27(16)3)9-5-6-22-25-9)15-23-10-7-12(17(18,19)20)21-8-11(10)26(15)2/h5-8H,4H2,1-3H3,(H,22,25). The summed E-state index contributed by atoms with van der Waals surface area (Å²) in [5, 5.41) is 6.50. The van der Waals surface area contributed by atoms with E-state index in [2.05, 4.69) is 25.1 Å². The van der Waals surface area contributed by atoms with Crippen molar-refractivity contribution in [3.05, 3.63) is 30.2 Å². The molecule has 0 bridgehead atoms. The highest BCUT2D eigenvalue weighted by Gasteiger charge is 2.34. The minimum absolute atomic E-state index is 0.0309. The predicted molar refractivity (Wildman–Crippen MR) is 101 cm³/mol. The molecule has 0 unspecified atom stereocenters. The number of hydrogen-bond donors (Lipinski definition) is 1. The van der Waals surface area contributed by atoms with Crippen molar-refractivity contribution < 1.29 is 21.6 Å². The van der Waals surface area contributed by atoms with Gasteiger partial charge in [-0.15, -0.1) is 0 Å². The fourth-order valence-corrected chi connectivity index (χ4v) is 4.41. The Hall–Kier alpha value is -3.22. The molecule has 0 saturated heterocycles. The number of halogens is 3. The van der Waals surface area contributed by atoms with Gasteiger partial charge in [0.05, 0.1) is 23.0 Å². The van der Waals surface area contributed by atoms with Crippen molar-refractivity contribution in [2.24, 2.45) is 14.1 Å². The van der Waals surface area contributed by atoms with Gasteiger partial charge >= 0.3 is 6.18 Å².